The van der Waals surface area contributed by atoms with Crippen LogP contribution in [0.1, 0.15) is 41.4 Å². The highest BCUT2D eigenvalue weighted by Gasteiger charge is 2.43. The predicted octanol–water partition coefficient (Wildman–Crippen LogP) is 3.81. The first-order chi connectivity index (χ1) is 15.6. The number of nitrogens with zero attached hydrogens (tertiary/aromatic N) is 4. The lowest BCUT2D eigenvalue weighted by Gasteiger charge is -2.40. The van der Waals surface area contributed by atoms with E-state index in [0.29, 0.717) is 29.9 Å². The summed E-state index contributed by atoms with van der Waals surface area (Å²) in [6.45, 7) is 2.01. The van der Waals surface area contributed by atoms with Gasteiger partial charge in [-0.1, -0.05) is 60.2 Å². The molecule has 1 aromatic heterocycles. The molecule has 1 aliphatic carbocycles. The lowest BCUT2D eigenvalue weighted by Crippen LogP contribution is -2.40. The van der Waals surface area contributed by atoms with Gasteiger partial charge in [-0.2, -0.15) is 15.3 Å². The molecule has 3 aromatic rings. The summed E-state index contributed by atoms with van der Waals surface area (Å²) < 4.78 is 0. The molecule has 2 aliphatic rings. The molecular formula is C25H22N6O. The largest absolute Gasteiger partial charge is 0.384 e. The number of allylic oxidation sites excluding steroid dienone is 3. The lowest BCUT2D eigenvalue weighted by molar-refractivity contribution is -0.116. The van der Waals surface area contributed by atoms with Gasteiger partial charge in [-0.3, -0.25) is 9.69 Å². The van der Waals surface area contributed by atoms with Crippen molar-refractivity contribution in [3.8, 4) is 6.07 Å². The third kappa shape index (κ3) is 3.17. The van der Waals surface area contributed by atoms with Gasteiger partial charge in [0.05, 0.1) is 17.6 Å². The molecule has 0 saturated carbocycles. The maximum absolute atomic E-state index is 13.6. The lowest BCUT2D eigenvalue weighted by atomic mass is 9.72. The molecule has 2 heterocycles. The van der Waals surface area contributed by atoms with Crippen LogP contribution in [0.2, 0.25) is 0 Å². The van der Waals surface area contributed by atoms with Crippen molar-refractivity contribution in [3.05, 3.63) is 100 Å². The minimum atomic E-state index is -0.501. The van der Waals surface area contributed by atoms with Crippen LogP contribution in [0, 0.1) is 18.3 Å². The van der Waals surface area contributed by atoms with Gasteiger partial charge in [0.1, 0.15) is 12.1 Å². The Labute approximate surface area is 185 Å². The number of ketones is 1. The van der Waals surface area contributed by atoms with E-state index in [-0.39, 0.29) is 17.5 Å². The zero-order valence-electron chi connectivity index (χ0n) is 17.6. The number of aromatic nitrogens is 3. The number of anilines is 1. The zero-order valence-corrected chi connectivity index (χ0v) is 17.6. The smallest absolute Gasteiger partial charge is 0.231 e. The van der Waals surface area contributed by atoms with Gasteiger partial charge in [-0.15, -0.1) is 0 Å². The standard InChI is InChI=1S/C25H22N6O/c1-15-7-9-17(10-8-15)22-19(13-26)24(27)31(25-28-14-29-30-25)20-11-18(12-21(32)23(20)22)16-5-3-2-4-6-16/h2-10,14,18,22H,11-12,27H2,1H3,(H,28,29,30). The number of carbonyl (C=O) groups is 1. The molecule has 3 N–H and O–H groups in total. The second-order valence-electron chi connectivity index (χ2n) is 8.20. The van der Waals surface area contributed by atoms with E-state index in [1.165, 1.54) is 6.33 Å². The van der Waals surface area contributed by atoms with Crippen LogP contribution in [0.3, 0.4) is 0 Å². The number of carbonyl (C=O) groups excluding carboxylic acids is 1. The highest BCUT2D eigenvalue weighted by atomic mass is 16.1. The van der Waals surface area contributed by atoms with Gasteiger partial charge in [-0.25, -0.2) is 5.10 Å². The van der Waals surface area contributed by atoms with E-state index in [2.05, 4.69) is 21.3 Å². The number of hydrogen-bond acceptors (Lipinski definition) is 6. The van der Waals surface area contributed by atoms with E-state index in [4.69, 9.17) is 5.73 Å². The van der Waals surface area contributed by atoms with Crippen LogP contribution in [0.5, 0.6) is 0 Å². The molecule has 0 radical (unpaired) electrons. The van der Waals surface area contributed by atoms with Crippen LogP contribution >= 0.6 is 0 Å². The first-order valence-electron chi connectivity index (χ1n) is 10.5. The number of Topliss-reactive ketones (excluding diaryl/α,β-unsaturated/α-hetero) is 1. The van der Waals surface area contributed by atoms with Crippen molar-refractivity contribution in [2.75, 3.05) is 4.90 Å². The molecule has 7 heteroatoms. The van der Waals surface area contributed by atoms with E-state index in [0.717, 1.165) is 22.4 Å². The Hall–Kier alpha value is -4.18. The van der Waals surface area contributed by atoms with Crippen molar-refractivity contribution < 1.29 is 4.79 Å². The summed E-state index contributed by atoms with van der Waals surface area (Å²) in [6.07, 6.45) is 2.38. The van der Waals surface area contributed by atoms with Crippen molar-refractivity contribution in [2.45, 2.75) is 31.6 Å². The number of H-pyrrole nitrogens is 1. The zero-order chi connectivity index (χ0) is 22.2. The molecule has 0 saturated heterocycles. The minimum Gasteiger partial charge on any atom is -0.384 e. The Kier molecular flexibility index (Phi) is 4.83. The number of nitriles is 1. The normalized spacial score (nSPS) is 20.9. The van der Waals surface area contributed by atoms with E-state index in [1.807, 2.05) is 61.5 Å². The topological polar surface area (TPSA) is 112 Å². The van der Waals surface area contributed by atoms with Gasteiger partial charge in [0.15, 0.2) is 5.78 Å². The van der Waals surface area contributed by atoms with Crippen LogP contribution in [0.4, 0.5) is 5.95 Å². The Balaban J connectivity index is 1.71. The Bertz CT molecular complexity index is 1270. The first-order valence-corrected chi connectivity index (χ1v) is 10.5. The molecule has 158 valence electrons. The van der Waals surface area contributed by atoms with E-state index in [1.54, 1.807) is 4.90 Å². The summed E-state index contributed by atoms with van der Waals surface area (Å²) in [4.78, 5) is 19.6. The van der Waals surface area contributed by atoms with Crippen LogP contribution in [-0.2, 0) is 4.79 Å². The monoisotopic (exact) mass is 422 g/mol. The number of rotatable bonds is 3. The van der Waals surface area contributed by atoms with Crippen LogP contribution in [-0.4, -0.2) is 21.0 Å². The highest BCUT2D eigenvalue weighted by molar-refractivity contribution is 6.01. The summed E-state index contributed by atoms with van der Waals surface area (Å²) in [5.74, 6) is 0.208. The van der Waals surface area contributed by atoms with Gasteiger partial charge in [0.2, 0.25) is 5.95 Å². The van der Waals surface area contributed by atoms with Crippen LogP contribution < -0.4 is 10.6 Å². The van der Waals surface area contributed by atoms with Crippen molar-refractivity contribution in [1.82, 2.24) is 15.2 Å². The summed E-state index contributed by atoms with van der Waals surface area (Å²) in [6, 6.07) is 20.2. The number of aromatic amines is 1. The van der Waals surface area contributed by atoms with Gasteiger partial charge >= 0.3 is 0 Å². The van der Waals surface area contributed by atoms with Crippen molar-refractivity contribution in [3.63, 3.8) is 0 Å². The van der Waals surface area contributed by atoms with Crippen molar-refractivity contribution in [1.29, 1.82) is 5.26 Å². The van der Waals surface area contributed by atoms with E-state index < -0.39 is 5.92 Å². The fourth-order valence-corrected chi connectivity index (χ4v) is 4.73. The number of benzene rings is 2. The summed E-state index contributed by atoms with van der Waals surface area (Å²) >= 11 is 0. The number of nitrogens with two attached hydrogens (primary N) is 1. The average Bonchev–Trinajstić information content (AvgIpc) is 3.34. The van der Waals surface area contributed by atoms with Crippen molar-refractivity contribution in [2.24, 2.45) is 5.73 Å². The predicted molar refractivity (Wildman–Crippen MR) is 120 cm³/mol. The van der Waals surface area contributed by atoms with Gasteiger partial charge in [-0.05, 0) is 30.4 Å². The fraction of sp³-hybridized carbons (Fsp3) is 0.200. The van der Waals surface area contributed by atoms with E-state index >= 15 is 0 Å². The molecule has 7 nitrogen and oxygen atoms in total. The molecule has 1 aliphatic heterocycles. The van der Waals surface area contributed by atoms with E-state index in [9.17, 15) is 10.1 Å². The molecule has 0 bridgehead atoms. The third-order valence-electron chi connectivity index (χ3n) is 6.26. The SMILES string of the molecule is Cc1ccc(C2C(C#N)=C(N)N(c3ncn[nH]3)C3=C2C(=O)CC(c2ccccc2)C3)cc1. The number of hydrogen-bond donors (Lipinski definition) is 2. The summed E-state index contributed by atoms with van der Waals surface area (Å²) in [5, 5.41) is 16.9. The number of aryl methyl sites for hydroxylation is 1. The molecule has 2 aromatic carbocycles. The second kappa shape index (κ2) is 7.82. The van der Waals surface area contributed by atoms with Crippen molar-refractivity contribution >= 4 is 11.7 Å². The molecular weight excluding hydrogens is 400 g/mol. The highest BCUT2D eigenvalue weighted by Crippen LogP contribution is 2.48. The molecule has 32 heavy (non-hydrogen) atoms. The summed E-state index contributed by atoms with van der Waals surface area (Å²) in [5.41, 5.74) is 11.4. The van der Waals surface area contributed by atoms with Crippen LogP contribution in [0.15, 0.2) is 83.6 Å². The van der Waals surface area contributed by atoms with Gasteiger partial charge in [0.25, 0.3) is 0 Å². The maximum atomic E-state index is 13.6. The maximum Gasteiger partial charge on any atom is 0.231 e. The Morgan fingerprint density at radius 3 is 2.50 bits per heavy atom. The molecule has 2 atom stereocenters. The Morgan fingerprint density at radius 2 is 1.84 bits per heavy atom. The quantitative estimate of drug-likeness (QED) is 0.664. The average molecular weight is 422 g/mol. The molecule has 0 fully saturated rings. The summed E-state index contributed by atoms with van der Waals surface area (Å²) in [7, 11) is 0. The minimum absolute atomic E-state index is 0.0166. The van der Waals surface area contributed by atoms with Gasteiger partial charge in [0, 0.05) is 17.7 Å². The number of nitrogens with one attached hydrogen (secondary N) is 1. The third-order valence-corrected chi connectivity index (χ3v) is 6.26. The molecule has 5 rings (SSSR count). The molecule has 0 spiro atoms. The molecule has 2 unspecified atom stereocenters. The first kappa shape index (κ1) is 19.8. The molecule has 0 amide bonds. The fourth-order valence-electron chi connectivity index (χ4n) is 4.73. The Morgan fingerprint density at radius 1 is 1.09 bits per heavy atom. The van der Waals surface area contributed by atoms with Gasteiger partial charge < -0.3 is 5.73 Å². The second-order valence-corrected chi connectivity index (χ2v) is 8.20. The van der Waals surface area contributed by atoms with Crippen LogP contribution in [0.25, 0.3) is 0 Å².